The van der Waals surface area contributed by atoms with E-state index < -0.39 is 0 Å². The van der Waals surface area contributed by atoms with Crippen LogP contribution >= 0.6 is 0 Å². The summed E-state index contributed by atoms with van der Waals surface area (Å²) in [6, 6.07) is 19.3. The van der Waals surface area contributed by atoms with Gasteiger partial charge in [-0.3, -0.25) is 9.80 Å². The van der Waals surface area contributed by atoms with E-state index in [-0.39, 0.29) is 0 Å². The van der Waals surface area contributed by atoms with E-state index in [1.165, 1.54) is 50.0 Å². The highest BCUT2D eigenvalue weighted by atomic mass is 16.5. The molecule has 2 aliphatic heterocycles. The molecule has 0 aliphatic carbocycles. The van der Waals surface area contributed by atoms with Crippen molar-refractivity contribution in [3.8, 4) is 5.75 Å². The number of ether oxygens (including phenoxy) is 1. The van der Waals surface area contributed by atoms with Gasteiger partial charge < -0.3 is 9.64 Å². The second kappa shape index (κ2) is 12.8. The van der Waals surface area contributed by atoms with Crippen LogP contribution in [0.5, 0.6) is 5.75 Å². The van der Waals surface area contributed by atoms with Gasteiger partial charge in [-0.05, 0) is 55.6 Å². The topological polar surface area (TPSA) is 19.0 Å². The Morgan fingerprint density at radius 1 is 0.719 bits per heavy atom. The highest BCUT2D eigenvalue weighted by Gasteiger charge is 2.16. The minimum Gasteiger partial charge on any atom is -0.494 e. The molecule has 2 aromatic carbocycles. The largest absolute Gasteiger partial charge is 0.494 e. The first-order valence-corrected chi connectivity index (χ1v) is 12.5. The van der Waals surface area contributed by atoms with Gasteiger partial charge in [0, 0.05) is 45.8 Å². The van der Waals surface area contributed by atoms with Gasteiger partial charge in [-0.2, -0.15) is 0 Å². The number of piperidine rings is 1. The van der Waals surface area contributed by atoms with Crippen LogP contribution in [0.25, 0.3) is 6.08 Å². The van der Waals surface area contributed by atoms with Crippen LogP contribution in [-0.2, 0) is 6.54 Å². The molecule has 4 nitrogen and oxygen atoms in total. The van der Waals surface area contributed by atoms with E-state index in [4.69, 9.17) is 4.74 Å². The molecule has 0 N–H and O–H groups in total. The molecule has 2 aliphatic rings. The van der Waals surface area contributed by atoms with Crippen LogP contribution in [-0.4, -0.2) is 73.7 Å². The number of piperazine rings is 1. The summed E-state index contributed by atoms with van der Waals surface area (Å²) in [5.41, 5.74) is 2.66. The molecule has 32 heavy (non-hydrogen) atoms. The van der Waals surface area contributed by atoms with Crippen LogP contribution in [0, 0.1) is 0 Å². The fourth-order valence-electron chi connectivity index (χ4n) is 4.64. The van der Waals surface area contributed by atoms with Gasteiger partial charge in [0.2, 0.25) is 0 Å². The van der Waals surface area contributed by atoms with Gasteiger partial charge in [0.1, 0.15) is 5.75 Å². The van der Waals surface area contributed by atoms with Crippen LogP contribution in [0.4, 0.5) is 0 Å². The van der Waals surface area contributed by atoms with Gasteiger partial charge >= 0.3 is 0 Å². The second-order valence-electron chi connectivity index (χ2n) is 9.14. The molecule has 0 radical (unpaired) electrons. The fraction of sp³-hybridized carbons (Fsp3) is 0.500. The lowest BCUT2D eigenvalue weighted by Gasteiger charge is -2.34. The number of nitrogens with zero attached hydrogens (tertiary/aromatic N) is 3. The molecule has 2 heterocycles. The first-order chi connectivity index (χ1) is 15.8. The lowest BCUT2D eigenvalue weighted by molar-refractivity contribution is 0.137. The molecule has 0 aromatic heterocycles. The summed E-state index contributed by atoms with van der Waals surface area (Å²) in [6.45, 7) is 11.1. The smallest absolute Gasteiger partial charge is 0.119 e. The van der Waals surface area contributed by atoms with Gasteiger partial charge in [-0.15, -0.1) is 0 Å². The molecule has 4 rings (SSSR count). The first kappa shape index (κ1) is 23.0. The summed E-state index contributed by atoms with van der Waals surface area (Å²) in [5, 5.41) is 0. The standard InChI is InChI=1S/C28H39N3O/c1-3-9-26(10-4-1)11-7-18-30-20-22-31(23-21-30)25-27-12-14-28(15-13-27)32-24-8-19-29-16-5-2-6-17-29/h1,3-4,7,9-15H,2,5-6,8,16-25H2. The zero-order valence-corrected chi connectivity index (χ0v) is 19.5. The number of hydrogen-bond donors (Lipinski definition) is 0. The van der Waals surface area contributed by atoms with Crippen molar-refractivity contribution in [2.75, 3.05) is 59.0 Å². The summed E-state index contributed by atoms with van der Waals surface area (Å²) < 4.78 is 5.97. The van der Waals surface area contributed by atoms with Gasteiger partial charge in [0.15, 0.2) is 0 Å². The van der Waals surface area contributed by atoms with Crippen molar-refractivity contribution in [2.45, 2.75) is 32.2 Å². The third-order valence-corrected chi connectivity index (χ3v) is 6.60. The van der Waals surface area contributed by atoms with Crippen molar-refractivity contribution >= 4 is 6.08 Å². The van der Waals surface area contributed by atoms with Crippen molar-refractivity contribution in [3.05, 3.63) is 71.8 Å². The molecule has 172 valence electrons. The predicted octanol–water partition coefficient (Wildman–Crippen LogP) is 4.77. The van der Waals surface area contributed by atoms with Gasteiger partial charge in [-0.25, -0.2) is 0 Å². The quantitative estimate of drug-likeness (QED) is 0.502. The first-order valence-electron chi connectivity index (χ1n) is 12.5. The Bertz CT molecular complexity index is 791. The number of likely N-dealkylation sites (tertiary alicyclic amines) is 1. The number of rotatable bonds is 10. The highest BCUT2D eigenvalue weighted by Crippen LogP contribution is 2.16. The highest BCUT2D eigenvalue weighted by molar-refractivity contribution is 5.48. The van der Waals surface area contributed by atoms with Crippen molar-refractivity contribution in [1.82, 2.24) is 14.7 Å². The fourth-order valence-corrected chi connectivity index (χ4v) is 4.64. The molecule has 0 atom stereocenters. The van der Waals surface area contributed by atoms with E-state index in [9.17, 15) is 0 Å². The van der Waals surface area contributed by atoms with Crippen LogP contribution in [0.2, 0.25) is 0 Å². The maximum absolute atomic E-state index is 5.97. The van der Waals surface area contributed by atoms with Crippen LogP contribution in [0.1, 0.15) is 36.8 Å². The molecule has 0 amide bonds. The summed E-state index contributed by atoms with van der Waals surface area (Å²) in [6.07, 6.45) is 9.76. The molecular formula is C28H39N3O. The van der Waals surface area contributed by atoms with Gasteiger partial charge in [0.25, 0.3) is 0 Å². The molecule has 2 aromatic rings. The molecule has 4 heteroatoms. The molecule has 0 unspecified atom stereocenters. The summed E-state index contributed by atoms with van der Waals surface area (Å²) >= 11 is 0. The monoisotopic (exact) mass is 433 g/mol. The maximum Gasteiger partial charge on any atom is 0.119 e. The van der Waals surface area contributed by atoms with E-state index in [0.717, 1.165) is 58.0 Å². The van der Waals surface area contributed by atoms with Crippen LogP contribution in [0.3, 0.4) is 0 Å². The normalized spacial score (nSPS) is 18.9. The van der Waals surface area contributed by atoms with Crippen molar-refractivity contribution in [3.63, 3.8) is 0 Å². The van der Waals surface area contributed by atoms with Crippen molar-refractivity contribution in [2.24, 2.45) is 0 Å². The zero-order chi connectivity index (χ0) is 21.8. The Hall–Kier alpha value is -2.14. The van der Waals surface area contributed by atoms with Crippen molar-refractivity contribution < 1.29 is 4.74 Å². The minimum atomic E-state index is 0.816. The Morgan fingerprint density at radius 2 is 1.44 bits per heavy atom. The second-order valence-corrected chi connectivity index (χ2v) is 9.14. The Kier molecular flexibility index (Phi) is 9.20. The number of hydrogen-bond acceptors (Lipinski definition) is 4. The SMILES string of the molecule is C(=Cc1ccccc1)CN1CCN(Cc2ccc(OCCCN3CCCCC3)cc2)CC1. The van der Waals surface area contributed by atoms with Crippen LogP contribution in [0.15, 0.2) is 60.7 Å². The Labute approximate surface area is 194 Å². The average Bonchev–Trinajstić information content (AvgIpc) is 2.85. The van der Waals surface area contributed by atoms with Gasteiger partial charge in [-0.1, -0.05) is 61.0 Å². The molecular weight excluding hydrogens is 394 g/mol. The lowest BCUT2D eigenvalue weighted by Crippen LogP contribution is -2.45. The average molecular weight is 434 g/mol. The number of benzene rings is 2. The molecule has 2 fully saturated rings. The summed E-state index contributed by atoms with van der Waals surface area (Å²) in [5.74, 6) is 1.00. The van der Waals surface area contributed by atoms with Gasteiger partial charge in [0.05, 0.1) is 6.61 Å². The summed E-state index contributed by atoms with van der Waals surface area (Å²) in [4.78, 5) is 7.68. The summed E-state index contributed by atoms with van der Waals surface area (Å²) in [7, 11) is 0. The van der Waals surface area contributed by atoms with Crippen molar-refractivity contribution in [1.29, 1.82) is 0 Å². The van der Waals surface area contributed by atoms with Crippen LogP contribution < -0.4 is 4.74 Å². The zero-order valence-electron chi connectivity index (χ0n) is 19.5. The van der Waals surface area contributed by atoms with E-state index >= 15 is 0 Å². The third kappa shape index (κ3) is 7.77. The molecule has 0 bridgehead atoms. The Morgan fingerprint density at radius 3 is 2.19 bits per heavy atom. The van der Waals surface area contributed by atoms with E-state index in [2.05, 4.69) is 81.4 Å². The predicted molar refractivity (Wildman–Crippen MR) is 134 cm³/mol. The Balaban J connectivity index is 1.10. The van der Waals surface area contributed by atoms with E-state index in [1.54, 1.807) is 0 Å². The third-order valence-electron chi connectivity index (χ3n) is 6.60. The van der Waals surface area contributed by atoms with E-state index in [1.807, 2.05) is 0 Å². The molecule has 0 saturated carbocycles. The lowest BCUT2D eigenvalue weighted by atomic mass is 10.1. The maximum atomic E-state index is 5.97. The molecule has 2 saturated heterocycles. The minimum absolute atomic E-state index is 0.816. The van der Waals surface area contributed by atoms with E-state index in [0.29, 0.717) is 0 Å². The molecule has 0 spiro atoms.